The second kappa shape index (κ2) is 12.0. The van der Waals surface area contributed by atoms with Crippen LogP contribution in [-0.4, -0.2) is 43.1 Å². The molecule has 36 heavy (non-hydrogen) atoms. The molecular formula is C27H30FNO6S. The van der Waals surface area contributed by atoms with Crippen LogP contribution in [0.4, 0.5) is 4.39 Å². The predicted molar refractivity (Wildman–Crippen MR) is 136 cm³/mol. The molecule has 7 nitrogen and oxygen atoms in total. The molecular weight excluding hydrogens is 485 g/mol. The van der Waals surface area contributed by atoms with Gasteiger partial charge in [-0.3, -0.25) is 4.79 Å². The number of aliphatic carboxylic acids is 1. The van der Waals surface area contributed by atoms with Gasteiger partial charge >= 0.3 is 5.97 Å². The molecule has 0 aliphatic heterocycles. The van der Waals surface area contributed by atoms with Gasteiger partial charge in [0.15, 0.2) is 0 Å². The van der Waals surface area contributed by atoms with Crippen molar-refractivity contribution in [1.29, 1.82) is 0 Å². The zero-order valence-corrected chi connectivity index (χ0v) is 21.4. The van der Waals surface area contributed by atoms with Gasteiger partial charge in [0.05, 0.1) is 18.1 Å². The summed E-state index contributed by atoms with van der Waals surface area (Å²) in [6, 6.07) is 13.9. The van der Waals surface area contributed by atoms with E-state index in [1.54, 1.807) is 18.2 Å². The fraction of sp³-hybridized carbons (Fsp3) is 0.333. The maximum absolute atomic E-state index is 14.3. The number of halogens is 1. The van der Waals surface area contributed by atoms with Crippen LogP contribution < -0.4 is 9.47 Å². The fourth-order valence-electron chi connectivity index (χ4n) is 3.84. The molecule has 192 valence electrons. The summed E-state index contributed by atoms with van der Waals surface area (Å²) in [7, 11) is -3.01. The number of hydrogen-bond donors (Lipinski definition) is 1. The van der Waals surface area contributed by atoms with Gasteiger partial charge in [-0.25, -0.2) is 17.8 Å². The molecule has 3 rings (SSSR count). The van der Waals surface area contributed by atoms with Crippen LogP contribution in [0.1, 0.15) is 35.1 Å². The highest BCUT2D eigenvalue weighted by atomic mass is 32.2. The highest BCUT2D eigenvalue weighted by Gasteiger charge is 2.12. The number of nitrogens with zero attached hydrogens (tertiary/aromatic N) is 1. The van der Waals surface area contributed by atoms with Crippen LogP contribution in [0, 0.1) is 19.7 Å². The average molecular weight is 516 g/mol. The predicted octanol–water partition coefficient (Wildman–Crippen LogP) is 4.91. The van der Waals surface area contributed by atoms with Crippen molar-refractivity contribution in [2.75, 3.05) is 18.6 Å². The zero-order valence-electron chi connectivity index (χ0n) is 20.6. The largest absolute Gasteiger partial charge is 0.494 e. The Balaban J connectivity index is 1.67. The summed E-state index contributed by atoms with van der Waals surface area (Å²) in [6.45, 7) is 4.34. The smallest absolute Gasteiger partial charge is 0.303 e. The van der Waals surface area contributed by atoms with Crippen LogP contribution in [0.3, 0.4) is 0 Å². The number of carbonyl (C=O) groups is 1. The number of carboxylic acids is 1. The van der Waals surface area contributed by atoms with Crippen LogP contribution in [-0.2, 0) is 27.7 Å². The number of aryl methyl sites for hydroxylation is 3. The minimum Gasteiger partial charge on any atom is -0.494 e. The molecule has 0 spiro atoms. The Kier molecular flexibility index (Phi) is 9.03. The Hall–Kier alpha value is -3.46. The van der Waals surface area contributed by atoms with Crippen molar-refractivity contribution in [3.63, 3.8) is 0 Å². The maximum Gasteiger partial charge on any atom is 0.303 e. The standard InChI is InChI=1S/C27H30FNO6S/c1-18-14-22(34-12-5-13-36(3,32)33)15-19(2)27(18)24-6-4-7-25(29-24)35-17-20-8-9-21(23(28)16-20)10-11-26(30)31/h4,6-9,14-16H,5,10-13,17H2,1-3H3,(H,30,31). The van der Waals surface area contributed by atoms with Crippen LogP contribution in [0.25, 0.3) is 11.3 Å². The maximum atomic E-state index is 14.3. The summed E-state index contributed by atoms with van der Waals surface area (Å²) in [4.78, 5) is 15.3. The molecule has 0 unspecified atom stereocenters. The number of ether oxygens (including phenoxy) is 2. The van der Waals surface area contributed by atoms with Gasteiger partial charge in [0.2, 0.25) is 5.88 Å². The van der Waals surface area contributed by atoms with Crippen molar-refractivity contribution in [2.45, 2.75) is 39.7 Å². The van der Waals surface area contributed by atoms with E-state index in [0.717, 1.165) is 22.4 Å². The van der Waals surface area contributed by atoms with Crippen LogP contribution in [0.2, 0.25) is 0 Å². The monoisotopic (exact) mass is 515 g/mol. The molecule has 0 atom stereocenters. The molecule has 0 fully saturated rings. The van der Waals surface area contributed by atoms with Gasteiger partial charge in [-0.1, -0.05) is 18.2 Å². The van der Waals surface area contributed by atoms with Crippen LogP contribution >= 0.6 is 0 Å². The lowest BCUT2D eigenvalue weighted by Gasteiger charge is -2.14. The molecule has 0 radical (unpaired) electrons. The first-order valence-electron chi connectivity index (χ1n) is 11.5. The Labute approximate surface area is 210 Å². The fourth-order valence-corrected chi connectivity index (χ4v) is 4.48. The Morgan fingerprint density at radius 1 is 1.06 bits per heavy atom. The second-order valence-electron chi connectivity index (χ2n) is 8.73. The van der Waals surface area contributed by atoms with Crippen molar-refractivity contribution < 1.29 is 32.2 Å². The first-order chi connectivity index (χ1) is 17.0. The van der Waals surface area contributed by atoms with E-state index in [4.69, 9.17) is 14.6 Å². The van der Waals surface area contributed by atoms with E-state index in [9.17, 15) is 17.6 Å². The zero-order chi connectivity index (χ0) is 26.3. The summed E-state index contributed by atoms with van der Waals surface area (Å²) < 4.78 is 48.4. The lowest BCUT2D eigenvalue weighted by atomic mass is 9.99. The quantitative estimate of drug-likeness (QED) is 0.342. The molecule has 1 heterocycles. The number of aromatic nitrogens is 1. The van der Waals surface area contributed by atoms with Gasteiger partial charge in [0, 0.05) is 24.3 Å². The van der Waals surface area contributed by atoms with Crippen LogP contribution in [0.5, 0.6) is 11.6 Å². The van der Waals surface area contributed by atoms with E-state index >= 15 is 0 Å². The van der Waals surface area contributed by atoms with E-state index in [2.05, 4.69) is 4.98 Å². The van der Waals surface area contributed by atoms with Gasteiger partial charge in [-0.2, -0.15) is 0 Å². The number of sulfone groups is 1. The number of hydrogen-bond acceptors (Lipinski definition) is 6. The van der Waals surface area contributed by atoms with Crippen LogP contribution in [0.15, 0.2) is 48.5 Å². The molecule has 1 aromatic heterocycles. The molecule has 2 aromatic carbocycles. The second-order valence-corrected chi connectivity index (χ2v) is 11.0. The molecule has 0 aliphatic rings. The van der Waals surface area contributed by atoms with Crippen molar-refractivity contribution in [3.05, 3.63) is 76.6 Å². The summed E-state index contributed by atoms with van der Waals surface area (Å²) in [6.07, 6.45) is 1.64. The van der Waals surface area contributed by atoms with Gasteiger partial charge in [0.1, 0.15) is 28.0 Å². The minimum absolute atomic E-state index is 0.0846. The molecule has 1 N–H and O–H groups in total. The minimum atomic E-state index is -3.01. The summed E-state index contributed by atoms with van der Waals surface area (Å²) in [5.74, 6) is -0.276. The molecule has 3 aromatic rings. The first-order valence-corrected chi connectivity index (χ1v) is 13.6. The Bertz CT molecular complexity index is 1320. The van der Waals surface area contributed by atoms with Gasteiger partial charge in [-0.15, -0.1) is 0 Å². The van der Waals surface area contributed by atoms with E-state index in [1.165, 1.54) is 12.3 Å². The third-order valence-corrected chi connectivity index (χ3v) is 6.56. The summed E-state index contributed by atoms with van der Waals surface area (Å²) >= 11 is 0. The highest BCUT2D eigenvalue weighted by molar-refractivity contribution is 7.90. The number of rotatable bonds is 12. The van der Waals surface area contributed by atoms with E-state index in [1.807, 2.05) is 38.1 Å². The van der Waals surface area contributed by atoms with E-state index in [0.29, 0.717) is 35.8 Å². The SMILES string of the molecule is Cc1cc(OCCCS(C)(=O)=O)cc(C)c1-c1cccc(OCc2ccc(CCC(=O)O)c(F)c2)n1. The van der Waals surface area contributed by atoms with Crippen molar-refractivity contribution in [1.82, 2.24) is 4.98 Å². The summed E-state index contributed by atoms with van der Waals surface area (Å²) in [5.41, 5.74) is 4.55. The Morgan fingerprint density at radius 2 is 1.78 bits per heavy atom. The van der Waals surface area contributed by atoms with E-state index < -0.39 is 21.6 Å². The van der Waals surface area contributed by atoms with Gasteiger partial charge < -0.3 is 14.6 Å². The summed E-state index contributed by atoms with van der Waals surface area (Å²) in [5, 5.41) is 8.78. The lowest BCUT2D eigenvalue weighted by Crippen LogP contribution is -2.08. The third-order valence-electron chi connectivity index (χ3n) is 5.53. The van der Waals surface area contributed by atoms with Crippen molar-refractivity contribution >= 4 is 15.8 Å². The first kappa shape index (κ1) is 27.1. The van der Waals surface area contributed by atoms with Crippen molar-refractivity contribution in [2.24, 2.45) is 0 Å². The van der Waals surface area contributed by atoms with E-state index in [-0.39, 0.29) is 25.2 Å². The molecule has 9 heteroatoms. The number of pyridine rings is 1. The number of carboxylic acid groups (broad SMARTS) is 1. The molecule has 0 amide bonds. The van der Waals surface area contributed by atoms with Gasteiger partial charge in [-0.05, 0) is 73.2 Å². The molecule has 0 saturated carbocycles. The average Bonchev–Trinajstić information content (AvgIpc) is 2.79. The molecule has 0 saturated heterocycles. The third kappa shape index (κ3) is 8.05. The number of benzene rings is 2. The highest BCUT2D eigenvalue weighted by Crippen LogP contribution is 2.31. The normalized spacial score (nSPS) is 11.3. The molecule has 0 bridgehead atoms. The van der Waals surface area contributed by atoms with Gasteiger partial charge in [0.25, 0.3) is 0 Å². The molecule has 0 aliphatic carbocycles. The topological polar surface area (TPSA) is 103 Å². The Morgan fingerprint density at radius 3 is 2.42 bits per heavy atom. The lowest BCUT2D eigenvalue weighted by molar-refractivity contribution is -0.136. The van der Waals surface area contributed by atoms with Crippen molar-refractivity contribution in [3.8, 4) is 22.9 Å².